The largest absolute Gasteiger partial charge is 0.488 e. The Kier molecular flexibility index (Phi) is 6.88. The number of aliphatic hydroxyl groups excluding tert-OH is 1. The van der Waals surface area contributed by atoms with E-state index in [1.165, 1.54) is 19.3 Å². The average Bonchev–Trinajstić information content (AvgIpc) is 3.06. The van der Waals surface area contributed by atoms with E-state index in [-0.39, 0.29) is 12.1 Å². The van der Waals surface area contributed by atoms with Crippen molar-refractivity contribution in [3.63, 3.8) is 0 Å². The summed E-state index contributed by atoms with van der Waals surface area (Å²) in [5.74, 6) is 0.773. The van der Waals surface area contributed by atoms with Crippen LogP contribution in [0.4, 0.5) is 10.5 Å². The molecule has 1 aliphatic rings. The number of aryl methyl sites for hydroxylation is 1. The van der Waals surface area contributed by atoms with E-state index >= 15 is 0 Å². The number of anilines is 1. The van der Waals surface area contributed by atoms with Gasteiger partial charge < -0.3 is 30.7 Å². The first-order chi connectivity index (χ1) is 14.2. The van der Waals surface area contributed by atoms with Crippen LogP contribution in [0.2, 0.25) is 0 Å². The summed E-state index contributed by atoms with van der Waals surface area (Å²) < 4.78 is 11.7. The summed E-state index contributed by atoms with van der Waals surface area (Å²) in [4.78, 5) is 11.7. The lowest BCUT2D eigenvalue weighted by Gasteiger charge is -2.25. The Morgan fingerprint density at radius 1 is 1.37 bits per heavy atom. The van der Waals surface area contributed by atoms with Crippen molar-refractivity contribution in [2.45, 2.75) is 77.4 Å². The highest BCUT2D eigenvalue weighted by molar-refractivity contribution is 5.99. The lowest BCUT2D eigenvalue weighted by Crippen LogP contribution is -2.42. The highest BCUT2D eigenvalue weighted by Gasteiger charge is 2.26. The molecule has 1 fully saturated rings. The van der Waals surface area contributed by atoms with Crippen LogP contribution in [0, 0.1) is 6.92 Å². The van der Waals surface area contributed by atoms with E-state index in [1.54, 1.807) is 0 Å². The first-order valence-corrected chi connectivity index (χ1v) is 10.7. The Hall–Kier alpha value is -2.32. The Labute approximate surface area is 177 Å². The van der Waals surface area contributed by atoms with E-state index < -0.39 is 12.1 Å². The van der Waals surface area contributed by atoms with Gasteiger partial charge in [-0.25, -0.2) is 4.79 Å². The summed E-state index contributed by atoms with van der Waals surface area (Å²) in [6.45, 7) is 8.37. The van der Waals surface area contributed by atoms with Crippen LogP contribution in [0.25, 0.3) is 11.0 Å². The van der Waals surface area contributed by atoms with Crippen LogP contribution >= 0.6 is 0 Å². The van der Waals surface area contributed by atoms with Gasteiger partial charge in [-0.2, -0.15) is 0 Å². The number of β-amino-alcohol motifs (C(OH)–C–C–N with tert-alkyl or cyclic N) is 1. The van der Waals surface area contributed by atoms with Crippen LogP contribution in [0.15, 0.2) is 10.6 Å². The summed E-state index contributed by atoms with van der Waals surface area (Å²) >= 11 is 0. The number of nitrogens with two attached hydrogens (primary N) is 1. The summed E-state index contributed by atoms with van der Waals surface area (Å²) in [6.07, 6.45) is 5.00. The molecule has 1 aliphatic carbocycles. The fourth-order valence-electron chi connectivity index (χ4n) is 4.01. The molecule has 1 aromatic carbocycles. The number of carbonyl (C=O) groups excluding carboxylic acids is 1. The number of nitrogens with zero attached hydrogens (tertiary/aromatic N) is 1. The fraction of sp³-hybridized carbons (Fsp3) is 0.636. The maximum absolute atomic E-state index is 11.7. The minimum absolute atomic E-state index is 0.0546. The van der Waals surface area contributed by atoms with Gasteiger partial charge >= 0.3 is 6.03 Å². The second-order valence-corrected chi connectivity index (χ2v) is 9.23. The SMILES string of the molecule is Cc1noc2c(C3CCCCC3)cc(NC(N)=O)c(OCC(O)CNC(C)(C)C)c12. The van der Waals surface area contributed by atoms with Crippen LogP contribution in [0.1, 0.15) is 70.1 Å². The standard InChI is InChI=1S/C22H34N4O4/c1-13-18-19(30-26-13)16(14-8-6-5-7-9-14)10-17(25-21(23)28)20(18)29-12-15(27)11-24-22(2,3)4/h10,14-15,24,27H,5-9,11-12H2,1-4H3,(H3,23,25,28). The molecule has 166 valence electrons. The van der Waals surface area contributed by atoms with Gasteiger partial charge in [0.2, 0.25) is 0 Å². The molecule has 0 aliphatic heterocycles. The van der Waals surface area contributed by atoms with Crippen molar-refractivity contribution in [2.24, 2.45) is 5.73 Å². The van der Waals surface area contributed by atoms with Crippen molar-refractivity contribution >= 4 is 22.7 Å². The van der Waals surface area contributed by atoms with Gasteiger partial charge in [-0.3, -0.25) is 0 Å². The minimum atomic E-state index is -0.723. The van der Waals surface area contributed by atoms with E-state index in [4.69, 9.17) is 15.0 Å². The topological polar surface area (TPSA) is 123 Å². The molecule has 2 aromatic rings. The fourth-order valence-corrected chi connectivity index (χ4v) is 4.01. The molecule has 0 saturated heterocycles. The lowest BCUT2D eigenvalue weighted by atomic mass is 9.83. The Bertz CT molecular complexity index is 881. The molecule has 3 rings (SSSR count). The van der Waals surface area contributed by atoms with Gasteiger partial charge in [0.25, 0.3) is 0 Å². The number of benzene rings is 1. The molecule has 1 atom stereocenters. The zero-order valence-electron chi connectivity index (χ0n) is 18.4. The van der Waals surface area contributed by atoms with Crippen molar-refractivity contribution in [2.75, 3.05) is 18.5 Å². The molecule has 1 heterocycles. The van der Waals surface area contributed by atoms with Crippen LogP contribution < -0.4 is 21.1 Å². The first-order valence-electron chi connectivity index (χ1n) is 10.7. The molecule has 2 amide bonds. The van der Waals surface area contributed by atoms with E-state index in [0.29, 0.717) is 35.2 Å². The predicted octanol–water partition coefficient (Wildman–Crippen LogP) is 3.80. The van der Waals surface area contributed by atoms with Gasteiger partial charge in [0, 0.05) is 17.6 Å². The highest BCUT2D eigenvalue weighted by atomic mass is 16.5. The number of aromatic nitrogens is 1. The van der Waals surface area contributed by atoms with Crippen molar-refractivity contribution in [1.29, 1.82) is 0 Å². The highest BCUT2D eigenvalue weighted by Crippen LogP contribution is 2.44. The van der Waals surface area contributed by atoms with E-state index in [2.05, 4.69) is 15.8 Å². The number of aliphatic hydroxyl groups is 1. The molecule has 0 spiro atoms. The van der Waals surface area contributed by atoms with Crippen molar-refractivity contribution in [3.05, 3.63) is 17.3 Å². The second-order valence-electron chi connectivity index (χ2n) is 9.23. The van der Waals surface area contributed by atoms with Gasteiger partial charge in [-0.05, 0) is 52.5 Å². The number of fused-ring (bicyclic) bond motifs is 1. The van der Waals surface area contributed by atoms with Gasteiger partial charge in [-0.15, -0.1) is 0 Å². The quantitative estimate of drug-likeness (QED) is 0.542. The number of nitrogens with one attached hydrogen (secondary N) is 2. The van der Waals surface area contributed by atoms with E-state index in [0.717, 1.165) is 23.8 Å². The van der Waals surface area contributed by atoms with E-state index in [1.807, 2.05) is 33.8 Å². The van der Waals surface area contributed by atoms with Crippen LogP contribution in [-0.4, -0.2) is 41.1 Å². The molecule has 8 nitrogen and oxygen atoms in total. The molecule has 8 heteroatoms. The third-order valence-corrected chi connectivity index (χ3v) is 5.49. The minimum Gasteiger partial charge on any atom is -0.488 e. The van der Waals surface area contributed by atoms with Crippen molar-refractivity contribution < 1.29 is 19.2 Å². The molecule has 0 radical (unpaired) electrons. The third-order valence-electron chi connectivity index (χ3n) is 5.49. The van der Waals surface area contributed by atoms with Crippen LogP contribution in [0.3, 0.4) is 0 Å². The average molecular weight is 419 g/mol. The zero-order valence-corrected chi connectivity index (χ0v) is 18.4. The van der Waals surface area contributed by atoms with Gasteiger partial charge in [0.1, 0.15) is 12.7 Å². The first kappa shape index (κ1) is 22.4. The van der Waals surface area contributed by atoms with Crippen molar-refractivity contribution in [1.82, 2.24) is 10.5 Å². The number of hydrogen-bond acceptors (Lipinski definition) is 6. The number of ether oxygens (including phenoxy) is 1. The smallest absolute Gasteiger partial charge is 0.316 e. The van der Waals surface area contributed by atoms with Gasteiger partial charge in [0.05, 0.1) is 16.8 Å². The molecular weight excluding hydrogens is 384 g/mol. The zero-order chi connectivity index (χ0) is 21.9. The molecule has 0 bridgehead atoms. The predicted molar refractivity (Wildman–Crippen MR) is 117 cm³/mol. The van der Waals surface area contributed by atoms with Crippen LogP contribution in [0.5, 0.6) is 5.75 Å². The molecule has 5 N–H and O–H groups in total. The lowest BCUT2D eigenvalue weighted by molar-refractivity contribution is 0.101. The van der Waals surface area contributed by atoms with Gasteiger partial charge in [0.15, 0.2) is 11.3 Å². The number of amides is 2. The summed E-state index contributed by atoms with van der Waals surface area (Å²) in [6, 6.07) is 1.22. The third kappa shape index (κ3) is 5.43. The van der Waals surface area contributed by atoms with Crippen LogP contribution in [-0.2, 0) is 0 Å². The molecular formula is C22H34N4O4. The van der Waals surface area contributed by atoms with Crippen molar-refractivity contribution in [3.8, 4) is 5.75 Å². The summed E-state index contributed by atoms with van der Waals surface area (Å²) in [5, 5.41) is 21.2. The summed E-state index contributed by atoms with van der Waals surface area (Å²) in [7, 11) is 0. The number of rotatable bonds is 7. The number of primary amides is 1. The number of carbonyl (C=O) groups is 1. The molecule has 1 saturated carbocycles. The Morgan fingerprint density at radius 2 is 2.07 bits per heavy atom. The number of urea groups is 1. The maximum Gasteiger partial charge on any atom is 0.316 e. The monoisotopic (exact) mass is 418 g/mol. The normalized spacial score (nSPS) is 16.6. The molecule has 30 heavy (non-hydrogen) atoms. The van der Waals surface area contributed by atoms with Gasteiger partial charge in [-0.1, -0.05) is 24.4 Å². The maximum atomic E-state index is 11.7. The Balaban J connectivity index is 1.93. The second kappa shape index (κ2) is 9.22. The number of hydrogen-bond donors (Lipinski definition) is 4. The molecule has 1 unspecified atom stereocenters. The molecule has 1 aromatic heterocycles. The van der Waals surface area contributed by atoms with E-state index in [9.17, 15) is 9.90 Å². The Morgan fingerprint density at radius 3 is 2.70 bits per heavy atom. The summed E-state index contributed by atoms with van der Waals surface area (Å²) in [5.41, 5.74) is 8.18.